The molecule has 1 heterocycles. The van der Waals surface area contributed by atoms with Crippen LogP contribution in [-0.2, 0) is 20.7 Å². The minimum Gasteiger partial charge on any atom is -0.466 e. The van der Waals surface area contributed by atoms with E-state index in [1.807, 2.05) is 0 Å². The van der Waals surface area contributed by atoms with Gasteiger partial charge in [-0.05, 0) is 45.9 Å². The van der Waals surface area contributed by atoms with Crippen molar-refractivity contribution in [2.24, 2.45) is 5.10 Å². The minimum atomic E-state index is -0.655. The number of benzene rings is 1. The summed E-state index contributed by atoms with van der Waals surface area (Å²) in [4.78, 5) is 27.6. The molecule has 0 bridgehead atoms. The fraction of sp³-hybridized carbons (Fsp3) is 0.368. The maximum Gasteiger partial charge on any atom is 0.338 e. The number of nitrogens with one attached hydrogen (secondary N) is 1. The lowest BCUT2D eigenvalue weighted by Crippen LogP contribution is -2.24. The van der Waals surface area contributed by atoms with Gasteiger partial charge < -0.3 is 9.47 Å². The van der Waals surface area contributed by atoms with E-state index in [1.54, 1.807) is 33.1 Å². The molecule has 9 heteroatoms. The molecule has 0 aliphatic carbocycles. The summed E-state index contributed by atoms with van der Waals surface area (Å²) in [6.45, 7) is 7.27. The number of carbonyl (C=O) groups excluding carboxylic acids is 2. The molecule has 0 atom stereocenters. The lowest BCUT2D eigenvalue weighted by Gasteiger charge is -2.19. The van der Waals surface area contributed by atoms with E-state index in [2.05, 4.69) is 15.5 Å². The second kappa shape index (κ2) is 9.41. The van der Waals surface area contributed by atoms with Crippen LogP contribution in [-0.4, -0.2) is 35.3 Å². The van der Waals surface area contributed by atoms with Crippen LogP contribution in [0.25, 0.3) is 0 Å². The molecule has 0 spiro atoms. The van der Waals surface area contributed by atoms with E-state index in [4.69, 9.17) is 9.47 Å². The Balaban J connectivity index is 1.96. The van der Waals surface area contributed by atoms with Crippen molar-refractivity contribution in [1.29, 1.82) is 0 Å². The zero-order valence-electron chi connectivity index (χ0n) is 16.1. The topological polar surface area (TPSA) is 89.9 Å². The highest BCUT2D eigenvalue weighted by Gasteiger charge is 2.18. The Morgan fingerprint density at radius 3 is 2.75 bits per heavy atom. The molecular weight excluding hydrogens is 385 g/mol. The molecule has 0 radical (unpaired) electrons. The second-order valence-corrected chi connectivity index (χ2v) is 7.59. The van der Waals surface area contributed by atoms with Crippen LogP contribution in [0.4, 0.5) is 9.52 Å². The highest BCUT2D eigenvalue weighted by molar-refractivity contribution is 7.13. The summed E-state index contributed by atoms with van der Waals surface area (Å²) in [5.74, 6) is -1.55. The first-order valence-electron chi connectivity index (χ1n) is 8.60. The van der Waals surface area contributed by atoms with Crippen molar-refractivity contribution in [3.05, 3.63) is 46.2 Å². The third-order valence-electron chi connectivity index (χ3n) is 3.18. The Hall–Kier alpha value is -2.81. The Kier molecular flexibility index (Phi) is 7.22. The van der Waals surface area contributed by atoms with E-state index < -0.39 is 17.4 Å². The molecular formula is C19H22FN3O4S. The van der Waals surface area contributed by atoms with E-state index >= 15 is 0 Å². The van der Waals surface area contributed by atoms with Gasteiger partial charge in [0.2, 0.25) is 5.13 Å². The number of ether oxygens (including phenoxy) is 2. The fourth-order valence-corrected chi connectivity index (χ4v) is 2.71. The molecule has 0 saturated heterocycles. The number of hydrazone groups is 1. The van der Waals surface area contributed by atoms with Gasteiger partial charge in [-0.25, -0.2) is 14.2 Å². The molecule has 1 aromatic carbocycles. The van der Waals surface area contributed by atoms with E-state index in [-0.39, 0.29) is 23.5 Å². The Bertz CT molecular complexity index is 874. The molecule has 1 N–H and O–H groups in total. The normalized spacial score (nSPS) is 11.5. The largest absolute Gasteiger partial charge is 0.466 e. The highest BCUT2D eigenvalue weighted by atomic mass is 32.1. The fourth-order valence-electron chi connectivity index (χ4n) is 2.05. The van der Waals surface area contributed by atoms with Gasteiger partial charge in [-0.3, -0.25) is 10.2 Å². The predicted octanol–water partition coefficient (Wildman–Crippen LogP) is 3.79. The molecule has 28 heavy (non-hydrogen) atoms. The number of thiazole rings is 1. The third kappa shape index (κ3) is 6.73. The van der Waals surface area contributed by atoms with Gasteiger partial charge in [0.05, 0.1) is 30.5 Å². The molecule has 7 nitrogen and oxygen atoms in total. The van der Waals surface area contributed by atoms with E-state index in [0.29, 0.717) is 17.4 Å². The molecule has 0 fully saturated rings. The average molecular weight is 407 g/mol. The van der Waals surface area contributed by atoms with Crippen molar-refractivity contribution >= 4 is 34.6 Å². The summed E-state index contributed by atoms with van der Waals surface area (Å²) in [5, 5.41) is 6.11. The number of anilines is 1. The highest BCUT2D eigenvalue weighted by Crippen LogP contribution is 2.17. The van der Waals surface area contributed by atoms with Gasteiger partial charge in [-0.15, -0.1) is 11.3 Å². The van der Waals surface area contributed by atoms with Gasteiger partial charge in [-0.1, -0.05) is 0 Å². The number of esters is 2. The van der Waals surface area contributed by atoms with Crippen LogP contribution in [0, 0.1) is 5.82 Å². The monoisotopic (exact) mass is 407 g/mol. The molecule has 0 aliphatic rings. The van der Waals surface area contributed by atoms with Crippen molar-refractivity contribution in [3.63, 3.8) is 0 Å². The summed E-state index contributed by atoms with van der Waals surface area (Å²) < 4.78 is 24.3. The first kappa shape index (κ1) is 21.5. The molecule has 2 rings (SSSR count). The van der Waals surface area contributed by atoms with Crippen LogP contribution in [0.1, 0.15) is 49.3 Å². The summed E-state index contributed by atoms with van der Waals surface area (Å²) in [7, 11) is 0. The van der Waals surface area contributed by atoms with Gasteiger partial charge in [0.1, 0.15) is 11.4 Å². The first-order chi connectivity index (χ1) is 13.2. The van der Waals surface area contributed by atoms with Crippen LogP contribution in [0.3, 0.4) is 0 Å². The number of aromatic nitrogens is 1. The van der Waals surface area contributed by atoms with E-state index in [9.17, 15) is 14.0 Å². The molecule has 2 aromatic rings. The predicted molar refractivity (Wildman–Crippen MR) is 105 cm³/mol. The lowest BCUT2D eigenvalue weighted by molar-refractivity contribution is -0.142. The number of rotatable bonds is 7. The quantitative estimate of drug-likeness (QED) is 0.427. The van der Waals surface area contributed by atoms with Gasteiger partial charge in [0, 0.05) is 10.9 Å². The first-order valence-corrected chi connectivity index (χ1v) is 9.48. The van der Waals surface area contributed by atoms with Crippen LogP contribution in [0.5, 0.6) is 0 Å². The molecule has 0 saturated carbocycles. The number of carbonyl (C=O) groups is 2. The molecule has 0 unspecified atom stereocenters. The van der Waals surface area contributed by atoms with Gasteiger partial charge in [0.15, 0.2) is 0 Å². The van der Waals surface area contributed by atoms with Gasteiger partial charge in [-0.2, -0.15) is 5.10 Å². The molecule has 150 valence electrons. The summed E-state index contributed by atoms with van der Waals surface area (Å²) in [6.07, 6.45) is 1.36. The smallest absolute Gasteiger partial charge is 0.338 e. The van der Waals surface area contributed by atoms with Gasteiger partial charge in [0.25, 0.3) is 0 Å². The Morgan fingerprint density at radius 1 is 1.36 bits per heavy atom. The van der Waals surface area contributed by atoms with Crippen LogP contribution in [0.2, 0.25) is 0 Å². The van der Waals surface area contributed by atoms with Gasteiger partial charge >= 0.3 is 11.9 Å². The summed E-state index contributed by atoms with van der Waals surface area (Å²) in [5.41, 5.74) is 2.91. The number of halogens is 1. The minimum absolute atomic E-state index is 0.0799. The van der Waals surface area contributed by atoms with Crippen LogP contribution >= 0.6 is 11.3 Å². The van der Waals surface area contributed by atoms with E-state index in [0.717, 1.165) is 6.07 Å². The second-order valence-electron chi connectivity index (χ2n) is 6.73. The number of hydrogen-bond acceptors (Lipinski definition) is 8. The third-order valence-corrected chi connectivity index (χ3v) is 3.98. The maximum absolute atomic E-state index is 14.2. The van der Waals surface area contributed by atoms with Crippen molar-refractivity contribution in [2.75, 3.05) is 12.0 Å². The molecule has 1 aromatic heterocycles. The SMILES string of the molecule is CCOC(=O)Cc1csc(NN=Cc2ccc(C(=O)OC(C)(C)C)cc2F)n1. The summed E-state index contributed by atoms with van der Waals surface area (Å²) >= 11 is 1.26. The van der Waals surface area contributed by atoms with Crippen molar-refractivity contribution in [2.45, 2.75) is 39.7 Å². The number of nitrogens with zero attached hydrogens (tertiary/aromatic N) is 2. The zero-order valence-corrected chi connectivity index (χ0v) is 16.9. The standard InChI is InChI=1S/C19H22FN3O4S/c1-5-26-16(24)9-14-11-28-18(22-14)23-21-10-13-7-6-12(8-15(13)20)17(25)27-19(2,3)4/h6-8,10-11H,5,9H2,1-4H3,(H,22,23). The summed E-state index contributed by atoms with van der Waals surface area (Å²) in [6, 6.07) is 4.02. The lowest BCUT2D eigenvalue weighted by atomic mass is 10.1. The van der Waals surface area contributed by atoms with Crippen molar-refractivity contribution in [3.8, 4) is 0 Å². The Morgan fingerprint density at radius 2 is 2.11 bits per heavy atom. The van der Waals surface area contributed by atoms with Crippen LogP contribution < -0.4 is 5.43 Å². The van der Waals surface area contributed by atoms with Crippen molar-refractivity contribution < 1.29 is 23.5 Å². The molecule has 0 amide bonds. The average Bonchev–Trinajstić information content (AvgIpc) is 3.02. The zero-order chi connectivity index (χ0) is 20.7. The van der Waals surface area contributed by atoms with Crippen LogP contribution in [0.15, 0.2) is 28.7 Å². The van der Waals surface area contributed by atoms with E-state index in [1.165, 1.54) is 29.7 Å². The van der Waals surface area contributed by atoms with Crippen molar-refractivity contribution in [1.82, 2.24) is 4.98 Å². The molecule has 0 aliphatic heterocycles. The Labute approximate surface area is 166 Å². The number of hydrogen-bond donors (Lipinski definition) is 1. The maximum atomic E-state index is 14.2.